The number of benzene rings is 1. The summed E-state index contributed by atoms with van der Waals surface area (Å²) in [5.74, 6) is 0.844. The molecule has 0 saturated heterocycles. The molecule has 2 heterocycles. The third-order valence-electron chi connectivity index (χ3n) is 2.18. The lowest BCUT2D eigenvalue weighted by molar-refractivity contribution is 0.616. The number of nitrogens with one attached hydrogen (secondary N) is 1. The van der Waals surface area contributed by atoms with Crippen molar-refractivity contribution in [3.8, 4) is 11.6 Å². The van der Waals surface area contributed by atoms with Crippen LogP contribution in [0.3, 0.4) is 0 Å². The van der Waals surface area contributed by atoms with Crippen molar-refractivity contribution in [1.29, 1.82) is 0 Å². The van der Waals surface area contributed by atoms with E-state index in [1.165, 1.54) is 0 Å². The number of halogens is 1. The van der Waals surface area contributed by atoms with E-state index in [1.807, 2.05) is 0 Å². The Morgan fingerprint density at radius 3 is 2.94 bits per heavy atom. The van der Waals surface area contributed by atoms with Gasteiger partial charge in [0.15, 0.2) is 5.58 Å². The number of nitrogens with zero attached hydrogens (tertiary/aromatic N) is 2. The normalized spacial score (nSPS) is 11.1. The second-order valence-corrected chi connectivity index (χ2v) is 3.77. The van der Waals surface area contributed by atoms with Gasteiger partial charge in [-0.05, 0) is 12.1 Å². The summed E-state index contributed by atoms with van der Waals surface area (Å²) in [5, 5.41) is 7.15. The van der Waals surface area contributed by atoms with Crippen LogP contribution in [0.1, 0.15) is 0 Å². The van der Waals surface area contributed by atoms with Gasteiger partial charge in [0, 0.05) is 17.2 Å². The summed E-state index contributed by atoms with van der Waals surface area (Å²) in [6, 6.07) is 6.93. The number of rotatable bonds is 1. The smallest absolute Gasteiger partial charge is 0.245 e. The van der Waals surface area contributed by atoms with E-state index in [9.17, 15) is 0 Å². The SMILES string of the molecule is Nc1cc(-c2nc3ccc(Cl)cc3o2)[nH]n1. The first-order chi connectivity index (χ1) is 7.72. The lowest BCUT2D eigenvalue weighted by Gasteiger charge is -1.86. The Bertz CT molecular complexity index is 658. The number of nitrogen functional groups attached to an aromatic ring is 1. The molecule has 0 saturated carbocycles. The topological polar surface area (TPSA) is 80.7 Å². The van der Waals surface area contributed by atoms with E-state index in [0.717, 1.165) is 5.52 Å². The highest BCUT2D eigenvalue weighted by molar-refractivity contribution is 6.31. The molecule has 3 N–H and O–H groups in total. The molecule has 0 unspecified atom stereocenters. The molecule has 3 rings (SSSR count). The summed E-state index contributed by atoms with van der Waals surface area (Å²) < 4.78 is 5.53. The summed E-state index contributed by atoms with van der Waals surface area (Å²) in [6.45, 7) is 0. The average Bonchev–Trinajstić information content (AvgIpc) is 2.83. The molecule has 5 nitrogen and oxygen atoms in total. The number of aromatic nitrogens is 3. The molecule has 0 aliphatic heterocycles. The van der Waals surface area contributed by atoms with Gasteiger partial charge in [-0.2, -0.15) is 5.10 Å². The maximum absolute atomic E-state index is 5.85. The van der Waals surface area contributed by atoms with Gasteiger partial charge in [0.1, 0.15) is 17.0 Å². The first kappa shape index (κ1) is 9.23. The molecule has 0 fully saturated rings. The fourth-order valence-electron chi connectivity index (χ4n) is 1.46. The van der Waals surface area contributed by atoms with Crippen LogP contribution in [-0.2, 0) is 0 Å². The van der Waals surface area contributed by atoms with Crippen LogP contribution in [-0.4, -0.2) is 15.2 Å². The molecule has 0 spiro atoms. The first-order valence-electron chi connectivity index (χ1n) is 4.60. The number of fused-ring (bicyclic) bond motifs is 1. The second-order valence-electron chi connectivity index (χ2n) is 3.34. The monoisotopic (exact) mass is 234 g/mol. The lowest BCUT2D eigenvalue weighted by atomic mass is 10.3. The van der Waals surface area contributed by atoms with Crippen molar-refractivity contribution in [2.45, 2.75) is 0 Å². The average molecular weight is 235 g/mol. The van der Waals surface area contributed by atoms with Crippen LogP contribution >= 0.6 is 11.6 Å². The molecule has 16 heavy (non-hydrogen) atoms. The number of anilines is 1. The van der Waals surface area contributed by atoms with Gasteiger partial charge >= 0.3 is 0 Å². The number of hydrogen-bond donors (Lipinski definition) is 2. The quantitative estimate of drug-likeness (QED) is 0.678. The highest BCUT2D eigenvalue weighted by Gasteiger charge is 2.10. The number of aromatic amines is 1. The highest BCUT2D eigenvalue weighted by Crippen LogP contribution is 2.25. The van der Waals surface area contributed by atoms with Crippen LogP contribution in [0.25, 0.3) is 22.7 Å². The molecule has 0 radical (unpaired) electrons. The molecule has 80 valence electrons. The second kappa shape index (κ2) is 3.24. The molecule has 0 aliphatic carbocycles. The van der Waals surface area contributed by atoms with Crippen molar-refractivity contribution in [2.75, 3.05) is 5.73 Å². The van der Waals surface area contributed by atoms with Gasteiger partial charge in [0.25, 0.3) is 0 Å². The zero-order valence-electron chi connectivity index (χ0n) is 8.07. The van der Waals surface area contributed by atoms with Crippen molar-refractivity contribution in [3.05, 3.63) is 29.3 Å². The van der Waals surface area contributed by atoms with Gasteiger partial charge in [-0.25, -0.2) is 4.98 Å². The van der Waals surface area contributed by atoms with Gasteiger partial charge < -0.3 is 10.2 Å². The van der Waals surface area contributed by atoms with Gasteiger partial charge in [-0.15, -0.1) is 0 Å². The predicted molar refractivity (Wildman–Crippen MR) is 61.0 cm³/mol. The third kappa shape index (κ3) is 1.42. The van der Waals surface area contributed by atoms with Crippen LogP contribution in [0.4, 0.5) is 5.82 Å². The molecule has 0 bridgehead atoms. The van der Waals surface area contributed by atoms with Crippen LogP contribution in [0.15, 0.2) is 28.7 Å². The van der Waals surface area contributed by atoms with E-state index in [-0.39, 0.29) is 0 Å². The van der Waals surface area contributed by atoms with Crippen molar-refractivity contribution in [2.24, 2.45) is 0 Å². The zero-order chi connectivity index (χ0) is 11.1. The number of H-pyrrole nitrogens is 1. The molecular formula is C10H7ClN4O. The van der Waals surface area contributed by atoms with Crippen LogP contribution < -0.4 is 5.73 Å². The maximum Gasteiger partial charge on any atom is 0.245 e. The lowest BCUT2D eigenvalue weighted by Crippen LogP contribution is -1.81. The molecule has 2 aromatic heterocycles. The van der Waals surface area contributed by atoms with E-state index in [2.05, 4.69) is 15.2 Å². The molecular weight excluding hydrogens is 228 g/mol. The Morgan fingerprint density at radius 2 is 2.19 bits per heavy atom. The minimum atomic E-state index is 0.398. The summed E-state index contributed by atoms with van der Waals surface area (Å²) in [7, 11) is 0. The number of nitrogens with two attached hydrogens (primary N) is 1. The molecule has 1 aromatic carbocycles. The van der Waals surface area contributed by atoms with E-state index < -0.39 is 0 Å². The first-order valence-corrected chi connectivity index (χ1v) is 4.97. The van der Waals surface area contributed by atoms with Gasteiger partial charge in [0.2, 0.25) is 5.89 Å². The Morgan fingerprint density at radius 1 is 1.31 bits per heavy atom. The van der Waals surface area contributed by atoms with Crippen molar-refractivity contribution < 1.29 is 4.42 Å². The van der Waals surface area contributed by atoms with Gasteiger partial charge in [-0.1, -0.05) is 11.6 Å². The highest BCUT2D eigenvalue weighted by atomic mass is 35.5. The molecule has 6 heteroatoms. The Hall–Kier alpha value is -2.01. The van der Waals surface area contributed by atoms with Crippen molar-refractivity contribution in [1.82, 2.24) is 15.2 Å². The largest absolute Gasteiger partial charge is 0.435 e. The molecule has 0 amide bonds. The van der Waals surface area contributed by atoms with E-state index in [0.29, 0.717) is 28.0 Å². The van der Waals surface area contributed by atoms with Crippen LogP contribution in [0.2, 0.25) is 5.02 Å². The van der Waals surface area contributed by atoms with Gasteiger partial charge in [-0.3, -0.25) is 5.10 Å². The minimum absolute atomic E-state index is 0.398. The fourth-order valence-corrected chi connectivity index (χ4v) is 1.62. The fraction of sp³-hybridized carbons (Fsp3) is 0. The summed E-state index contributed by atoms with van der Waals surface area (Å²) in [4.78, 5) is 4.29. The summed E-state index contributed by atoms with van der Waals surface area (Å²) in [5.41, 5.74) is 7.52. The van der Waals surface area contributed by atoms with Crippen LogP contribution in [0.5, 0.6) is 0 Å². The van der Waals surface area contributed by atoms with Crippen LogP contribution in [0, 0.1) is 0 Å². The standard InChI is InChI=1S/C10H7ClN4O/c11-5-1-2-6-8(3-5)16-10(13-6)7-4-9(12)15-14-7/h1-4H,(H3,12,14,15). The van der Waals surface area contributed by atoms with E-state index in [1.54, 1.807) is 24.3 Å². The molecule has 3 aromatic rings. The Labute approximate surface area is 95.2 Å². The predicted octanol–water partition coefficient (Wildman–Crippen LogP) is 2.45. The summed E-state index contributed by atoms with van der Waals surface area (Å²) >= 11 is 5.85. The Kier molecular flexibility index (Phi) is 1.87. The molecule has 0 atom stereocenters. The van der Waals surface area contributed by atoms with E-state index in [4.69, 9.17) is 21.8 Å². The number of hydrogen-bond acceptors (Lipinski definition) is 4. The Balaban J connectivity index is 2.18. The number of oxazole rings is 1. The maximum atomic E-state index is 5.85. The van der Waals surface area contributed by atoms with Crippen molar-refractivity contribution >= 4 is 28.5 Å². The zero-order valence-corrected chi connectivity index (χ0v) is 8.82. The minimum Gasteiger partial charge on any atom is -0.435 e. The summed E-state index contributed by atoms with van der Waals surface area (Å²) in [6.07, 6.45) is 0. The van der Waals surface area contributed by atoms with Gasteiger partial charge in [0.05, 0.1) is 0 Å². The third-order valence-corrected chi connectivity index (χ3v) is 2.41. The molecule has 0 aliphatic rings. The van der Waals surface area contributed by atoms with E-state index >= 15 is 0 Å². The van der Waals surface area contributed by atoms with Crippen molar-refractivity contribution in [3.63, 3.8) is 0 Å².